The molecule has 1 N–H and O–H groups in total. The second kappa shape index (κ2) is 6.29. The number of carbonyl (C=O) groups is 1. The third kappa shape index (κ3) is 2.94. The largest absolute Gasteiger partial charge is 0.310 e. The average molecular weight is 354 g/mol. The summed E-state index contributed by atoms with van der Waals surface area (Å²) in [7, 11) is 0. The van der Waals surface area contributed by atoms with Gasteiger partial charge in [0.05, 0.1) is 5.69 Å². The minimum absolute atomic E-state index is 0.172. The maximum atomic E-state index is 12.9. The van der Waals surface area contributed by atoms with E-state index >= 15 is 0 Å². The van der Waals surface area contributed by atoms with Gasteiger partial charge in [-0.3, -0.25) is 9.69 Å². The Labute approximate surface area is 156 Å². The summed E-state index contributed by atoms with van der Waals surface area (Å²) in [6.45, 7) is 5.11. The standard InChI is InChI=1S/C21H30N4O/c1-2-25-4-3-17-18(12-25)22-13-23-20(17)24-19(26)11-21-8-14-5-15(9-21)7-16(6-14)10-21/h13-16H,2-12H2,1H3,(H,22,23,24,26). The highest BCUT2D eigenvalue weighted by Crippen LogP contribution is 2.61. The van der Waals surface area contributed by atoms with Crippen molar-refractivity contribution in [3.63, 3.8) is 0 Å². The zero-order valence-electron chi connectivity index (χ0n) is 15.8. The van der Waals surface area contributed by atoms with Crippen molar-refractivity contribution in [1.82, 2.24) is 14.9 Å². The number of nitrogens with zero attached hydrogens (tertiary/aromatic N) is 3. The first-order chi connectivity index (χ1) is 12.6. The first-order valence-electron chi connectivity index (χ1n) is 10.5. The zero-order chi connectivity index (χ0) is 17.7. The van der Waals surface area contributed by atoms with Crippen LogP contribution in [0, 0.1) is 23.2 Å². The first kappa shape index (κ1) is 16.7. The Bertz CT molecular complexity index is 681. The molecular weight excluding hydrogens is 324 g/mol. The number of aromatic nitrogens is 2. The number of fused-ring (bicyclic) bond motifs is 1. The highest BCUT2D eigenvalue weighted by atomic mass is 16.1. The summed E-state index contributed by atoms with van der Waals surface area (Å²) in [5, 5.41) is 3.17. The van der Waals surface area contributed by atoms with E-state index in [2.05, 4.69) is 27.1 Å². The lowest BCUT2D eigenvalue weighted by Gasteiger charge is -2.56. The lowest BCUT2D eigenvalue weighted by molar-refractivity contribution is -0.124. The van der Waals surface area contributed by atoms with Crippen LogP contribution in [0.15, 0.2) is 6.33 Å². The van der Waals surface area contributed by atoms with Crippen LogP contribution in [0.3, 0.4) is 0 Å². The summed E-state index contributed by atoms with van der Waals surface area (Å²) < 4.78 is 0. The number of amides is 1. The lowest BCUT2D eigenvalue weighted by atomic mass is 9.49. The van der Waals surface area contributed by atoms with Crippen LogP contribution in [-0.4, -0.2) is 33.9 Å². The molecule has 1 aliphatic heterocycles. The number of nitrogens with one attached hydrogen (secondary N) is 1. The fourth-order valence-electron chi connectivity index (χ4n) is 6.81. The van der Waals surface area contributed by atoms with Gasteiger partial charge in [-0.1, -0.05) is 6.92 Å². The van der Waals surface area contributed by atoms with E-state index in [9.17, 15) is 4.79 Å². The Kier molecular flexibility index (Phi) is 4.03. The number of rotatable bonds is 4. The minimum atomic E-state index is 0.172. The summed E-state index contributed by atoms with van der Waals surface area (Å²) in [6, 6.07) is 0. The molecule has 4 fully saturated rings. The average Bonchev–Trinajstić information content (AvgIpc) is 2.59. The molecule has 4 aliphatic carbocycles. The third-order valence-corrected chi connectivity index (χ3v) is 7.49. The molecule has 0 aromatic carbocycles. The molecule has 5 aliphatic rings. The molecule has 5 heteroatoms. The second-order valence-electron chi connectivity index (χ2n) is 9.41. The van der Waals surface area contributed by atoms with Crippen molar-refractivity contribution in [1.29, 1.82) is 0 Å². The van der Waals surface area contributed by atoms with Crippen LogP contribution in [0.2, 0.25) is 0 Å². The Balaban J connectivity index is 1.30. The lowest BCUT2D eigenvalue weighted by Crippen LogP contribution is -2.47. The van der Waals surface area contributed by atoms with Crippen molar-refractivity contribution in [2.24, 2.45) is 23.2 Å². The zero-order valence-corrected chi connectivity index (χ0v) is 15.8. The molecule has 0 atom stereocenters. The van der Waals surface area contributed by atoms with E-state index in [0.29, 0.717) is 6.42 Å². The Morgan fingerprint density at radius 1 is 1.19 bits per heavy atom. The van der Waals surface area contributed by atoms with Gasteiger partial charge in [-0.15, -0.1) is 0 Å². The molecule has 5 nitrogen and oxygen atoms in total. The Hall–Kier alpha value is -1.49. The number of hydrogen-bond donors (Lipinski definition) is 1. The fraction of sp³-hybridized carbons (Fsp3) is 0.762. The quantitative estimate of drug-likeness (QED) is 0.900. The third-order valence-electron chi connectivity index (χ3n) is 7.49. The molecule has 0 radical (unpaired) electrons. The van der Waals surface area contributed by atoms with Gasteiger partial charge in [0.2, 0.25) is 5.91 Å². The molecule has 140 valence electrons. The summed E-state index contributed by atoms with van der Waals surface area (Å²) in [6.07, 6.45) is 11.3. The molecule has 4 bridgehead atoms. The monoisotopic (exact) mass is 354 g/mol. The van der Waals surface area contributed by atoms with Gasteiger partial charge in [-0.05, 0) is 74.7 Å². The van der Waals surface area contributed by atoms with Crippen LogP contribution in [0.4, 0.5) is 5.82 Å². The minimum Gasteiger partial charge on any atom is -0.310 e. The maximum Gasteiger partial charge on any atom is 0.226 e. The second-order valence-corrected chi connectivity index (χ2v) is 9.41. The maximum absolute atomic E-state index is 12.9. The molecule has 0 spiro atoms. The predicted molar refractivity (Wildman–Crippen MR) is 101 cm³/mol. The van der Waals surface area contributed by atoms with Crippen LogP contribution >= 0.6 is 0 Å². The number of likely N-dealkylation sites (N-methyl/N-ethyl adjacent to an activating group) is 1. The van der Waals surface area contributed by atoms with Gasteiger partial charge >= 0.3 is 0 Å². The smallest absolute Gasteiger partial charge is 0.226 e. The molecular formula is C21H30N4O. The van der Waals surface area contributed by atoms with Gasteiger partial charge in [0.1, 0.15) is 12.1 Å². The van der Waals surface area contributed by atoms with E-state index in [1.165, 1.54) is 38.5 Å². The molecule has 4 saturated carbocycles. The van der Waals surface area contributed by atoms with E-state index < -0.39 is 0 Å². The molecule has 6 rings (SSSR count). The van der Waals surface area contributed by atoms with Crippen LogP contribution in [-0.2, 0) is 17.8 Å². The molecule has 26 heavy (non-hydrogen) atoms. The molecule has 1 aromatic heterocycles. The topological polar surface area (TPSA) is 58.1 Å². The number of anilines is 1. The van der Waals surface area contributed by atoms with E-state index in [1.807, 2.05) is 0 Å². The van der Waals surface area contributed by atoms with Crippen LogP contribution < -0.4 is 5.32 Å². The van der Waals surface area contributed by atoms with Crippen LogP contribution in [0.1, 0.15) is 63.1 Å². The molecule has 2 heterocycles. The van der Waals surface area contributed by atoms with Crippen molar-refractivity contribution >= 4 is 11.7 Å². The van der Waals surface area contributed by atoms with E-state index in [4.69, 9.17) is 0 Å². The first-order valence-corrected chi connectivity index (χ1v) is 10.5. The fourth-order valence-corrected chi connectivity index (χ4v) is 6.81. The van der Waals surface area contributed by atoms with Gasteiger partial charge < -0.3 is 5.32 Å². The van der Waals surface area contributed by atoms with E-state index in [-0.39, 0.29) is 11.3 Å². The van der Waals surface area contributed by atoms with Gasteiger partial charge in [-0.2, -0.15) is 0 Å². The Morgan fingerprint density at radius 3 is 2.54 bits per heavy atom. The summed E-state index contributed by atoms with van der Waals surface area (Å²) in [4.78, 5) is 24.2. The van der Waals surface area contributed by atoms with Crippen molar-refractivity contribution in [2.75, 3.05) is 18.4 Å². The number of hydrogen-bond acceptors (Lipinski definition) is 4. The molecule has 1 amide bonds. The van der Waals surface area contributed by atoms with Gasteiger partial charge in [0.25, 0.3) is 0 Å². The van der Waals surface area contributed by atoms with Gasteiger partial charge in [-0.25, -0.2) is 9.97 Å². The SMILES string of the molecule is CCN1CCc2c(ncnc2NC(=O)CC23CC4CC(CC(C4)C2)C3)C1. The van der Waals surface area contributed by atoms with Crippen molar-refractivity contribution in [3.8, 4) is 0 Å². The van der Waals surface area contributed by atoms with Crippen LogP contribution in [0.5, 0.6) is 0 Å². The summed E-state index contributed by atoms with van der Waals surface area (Å²) in [5.74, 6) is 3.61. The molecule has 1 aromatic rings. The Morgan fingerprint density at radius 2 is 1.88 bits per heavy atom. The number of carbonyl (C=O) groups excluding carboxylic acids is 1. The molecule has 0 unspecified atom stereocenters. The van der Waals surface area contributed by atoms with Crippen LogP contribution in [0.25, 0.3) is 0 Å². The summed E-state index contributed by atoms with van der Waals surface area (Å²) >= 11 is 0. The van der Waals surface area contributed by atoms with E-state index in [1.54, 1.807) is 6.33 Å². The van der Waals surface area contributed by atoms with Crippen molar-refractivity contribution in [2.45, 2.75) is 64.8 Å². The van der Waals surface area contributed by atoms with E-state index in [0.717, 1.165) is 60.9 Å². The van der Waals surface area contributed by atoms with Crippen molar-refractivity contribution < 1.29 is 4.79 Å². The molecule has 0 saturated heterocycles. The highest BCUT2D eigenvalue weighted by molar-refractivity contribution is 5.91. The highest BCUT2D eigenvalue weighted by Gasteiger charge is 2.51. The predicted octanol–water partition coefficient (Wildman–Crippen LogP) is 3.40. The van der Waals surface area contributed by atoms with Crippen molar-refractivity contribution in [3.05, 3.63) is 17.6 Å². The van der Waals surface area contributed by atoms with Gasteiger partial charge in [0.15, 0.2) is 0 Å². The summed E-state index contributed by atoms with van der Waals surface area (Å²) in [5.41, 5.74) is 2.51. The van der Waals surface area contributed by atoms with Gasteiger partial charge in [0, 0.05) is 25.1 Å². The normalized spacial score (nSPS) is 35.3.